The van der Waals surface area contributed by atoms with Crippen LogP contribution in [0.25, 0.3) is 22.4 Å². The number of primary amides is 1. The molecule has 0 spiro atoms. The van der Waals surface area contributed by atoms with E-state index in [1.54, 1.807) is 12.1 Å². The number of carbonyl (C=O) groups excluding carboxylic acids is 1. The van der Waals surface area contributed by atoms with E-state index in [0.29, 0.717) is 18.2 Å². The van der Waals surface area contributed by atoms with Gasteiger partial charge in [0.15, 0.2) is 0 Å². The monoisotopic (exact) mass is 411 g/mol. The second-order valence-electron chi connectivity index (χ2n) is 8.11. The highest BCUT2D eigenvalue weighted by molar-refractivity contribution is 5.96. The second-order valence-corrected chi connectivity index (χ2v) is 8.11. The van der Waals surface area contributed by atoms with Crippen molar-refractivity contribution in [2.75, 3.05) is 0 Å². The minimum absolute atomic E-state index is 0.424. The lowest BCUT2D eigenvalue weighted by Gasteiger charge is -2.17. The Bertz CT molecular complexity index is 1210. The molecule has 0 unspecified atom stereocenters. The molecule has 1 aromatic heterocycles. The number of hydrogen-bond donors (Lipinski definition) is 1. The van der Waals surface area contributed by atoms with E-state index in [1.807, 2.05) is 36.4 Å². The molecule has 0 radical (unpaired) electrons. The molecule has 0 bridgehead atoms. The fourth-order valence-corrected chi connectivity index (χ4v) is 4.43. The van der Waals surface area contributed by atoms with Crippen molar-refractivity contribution in [1.29, 1.82) is 0 Å². The lowest BCUT2D eigenvalue weighted by atomic mass is 10.1. The molecule has 1 aliphatic carbocycles. The molecule has 156 valence electrons. The van der Waals surface area contributed by atoms with E-state index in [9.17, 15) is 4.79 Å². The standard InChI is InChI=1S/C26H25N3O2/c27-25(30)20-12-15-24-23(16-20)28-26(29(24)21-8-4-5-9-21)19-10-13-22(14-11-19)31-17-18-6-2-1-3-7-18/h1-3,6-7,10-16,21H,4-5,8-9,17H2,(H2,27,30). The molecule has 5 rings (SSSR count). The van der Waals surface area contributed by atoms with Crippen LogP contribution in [0, 0.1) is 0 Å². The highest BCUT2D eigenvalue weighted by Gasteiger charge is 2.23. The first-order valence-electron chi connectivity index (χ1n) is 10.8. The molecule has 1 amide bonds. The molecule has 2 N–H and O–H groups in total. The Morgan fingerprint density at radius 3 is 2.45 bits per heavy atom. The zero-order chi connectivity index (χ0) is 21.2. The molecule has 1 heterocycles. The van der Waals surface area contributed by atoms with Gasteiger partial charge >= 0.3 is 0 Å². The van der Waals surface area contributed by atoms with Crippen molar-refractivity contribution < 1.29 is 9.53 Å². The Kier molecular flexibility index (Phi) is 5.16. The van der Waals surface area contributed by atoms with E-state index in [-0.39, 0.29) is 0 Å². The second kappa shape index (κ2) is 8.26. The molecule has 4 aromatic rings. The van der Waals surface area contributed by atoms with Crippen LogP contribution in [0.1, 0.15) is 47.6 Å². The quantitative estimate of drug-likeness (QED) is 0.456. The van der Waals surface area contributed by atoms with Gasteiger partial charge in [0.2, 0.25) is 5.91 Å². The summed E-state index contributed by atoms with van der Waals surface area (Å²) in [5, 5.41) is 0. The maximum Gasteiger partial charge on any atom is 0.248 e. The van der Waals surface area contributed by atoms with Gasteiger partial charge in [-0.2, -0.15) is 0 Å². The molecule has 1 aliphatic rings. The number of carbonyl (C=O) groups is 1. The van der Waals surface area contributed by atoms with E-state index in [0.717, 1.165) is 46.6 Å². The van der Waals surface area contributed by atoms with E-state index in [2.05, 4.69) is 28.8 Å². The Labute approximate surface area is 181 Å². The van der Waals surface area contributed by atoms with Gasteiger partial charge in [-0.15, -0.1) is 0 Å². The van der Waals surface area contributed by atoms with Gasteiger partial charge in [-0.05, 0) is 60.9 Å². The summed E-state index contributed by atoms with van der Waals surface area (Å²) in [6.07, 6.45) is 4.76. The third kappa shape index (κ3) is 3.91. The van der Waals surface area contributed by atoms with Crippen LogP contribution in [0.5, 0.6) is 5.75 Å². The number of aromatic nitrogens is 2. The molecule has 3 aromatic carbocycles. The summed E-state index contributed by atoms with van der Waals surface area (Å²) < 4.78 is 8.28. The number of ether oxygens (including phenoxy) is 1. The molecule has 0 saturated heterocycles. The van der Waals surface area contributed by atoms with E-state index in [1.165, 1.54) is 12.8 Å². The van der Waals surface area contributed by atoms with Gasteiger partial charge in [0, 0.05) is 17.2 Å². The minimum Gasteiger partial charge on any atom is -0.489 e. The van der Waals surface area contributed by atoms with Crippen LogP contribution < -0.4 is 10.5 Å². The van der Waals surface area contributed by atoms with Crippen molar-refractivity contribution in [3.05, 3.63) is 83.9 Å². The zero-order valence-electron chi connectivity index (χ0n) is 17.3. The lowest BCUT2D eigenvalue weighted by molar-refractivity contribution is 0.100. The molecule has 0 aliphatic heterocycles. The third-order valence-corrected chi connectivity index (χ3v) is 6.02. The average molecular weight is 412 g/mol. The van der Waals surface area contributed by atoms with Crippen LogP contribution in [-0.4, -0.2) is 15.5 Å². The first kappa shape index (κ1) is 19.4. The number of nitrogens with zero attached hydrogens (tertiary/aromatic N) is 2. The van der Waals surface area contributed by atoms with Crippen molar-refractivity contribution in [3.63, 3.8) is 0 Å². The van der Waals surface area contributed by atoms with Crippen LogP contribution >= 0.6 is 0 Å². The zero-order valence-corrected chi connectivity index (χ0v) is 17.3. The van der Waals surface area contributed by atoms with Gasteiger partial charge in [-0.3, -0.25) is 4.79 Å². The van der Waals surface area contributed by atoms with Gasteiger partial charge < -0.3 is 15.0 Å². The smallest absolute Gasteiger partial charge is 0.248 e. The van der Waals surface area contributed by atoms with Crippen LogP contribution in [0.4, 0.5) is 0 Å². The maximum atomic E-state index is 11.6. The summed E-state index contributed by atoms with van der Waals surface area (Å²) in [6, 6.07) is 24.2. The predicted octanol–water partition coefficient (Wildman–Crippen LogP) is 5.50. The normalized spacial score (nSPS) is 14.2. The molecule has 5 nitrogen and oxygen atoms in total. The Balaban J connectivity index is 1.48. The molecule has 1 saturated carbocycles. The first-order chi connectivity index (χ1) is 15.2. The van der Waals surface area contributed by atoms with Crippen molar-refractivity contribution in [1.82, 2.24) is 9.55 Å². The van der Waals surface area contributed by atoms with Gasteiger partial charge in [-0.25, -0.2) is 4.98 Å². The fraction of sp³-hybridized carbons (Fsp3) is 0.231. The highest BCUT2D eigenvalue weighted by atomic mass is 16.5. The van der Waals surface area contributed by atoms with Crippen molar-refractivity contribution in [2.24, 2.45) is 5.73 Å². The molecule has 0 atom stereocenters. The van der Waals surface area contributed by atoms with E-state index in [4.69, 9.17) is 15.5 Å². The predicted molar refractivity (Wildman–Crippen MR) is 122 cm³/mol. The third-order valence-electron chi connectivity index (χ3n) is 6.02. The lowest BCUT2D eigenvalue weighted by Crippen LogP contribution is -2.10. The number of rotatable bonds is 6. The number of benzene rings is 3. The van der Waals surface area contributed by atoms with Crippen molar-refractivity contribution >= 4 is 16.9 Å². The number of amides is 1. The van der Waals surface area contributed by atoms with Crippen LogP contribution in [-0.2, 0) is 6.61 Å². The van der Waals surface area contributed by atoms with Crippen LogP contribution in [0.15, 0.2) is 72.8 Å². The maximum absolute atomic E-state index is 11.6. The van der Waals surface area contributed by atoms with E-state index < -0.39 is 5.91 Å². The SMILES string of the molecule is NC(=O)c1ccc2c(c1)nc(-c1ccc(OCc3ccccc3)cc1)n2C1CCCC1. The van der Waals surface area contributed by atoms with Gasteiger partial charge in [0.25, 0.3) is 0 Å². The summed E-state index contributed by atoms with van der Waals surface area (Å²) >= 11 is 0. The fourth-order valence-electron chi connectivity index (χ4n) is 4.43. The molecular formula is C26H25N3O2. The number of imidazole rings is 1. The molecule has 5 heteroatoms. The molecule has 31 heavy (non-hydrogen) atoms. The summed E-state index contributed by atoms with van der Waals surface area (Å²) in [5.74, 6) is 1.32. The number of nitrogens with two attached hydrogens (primary N) is 1. The van der Waals surface area contributed by atoms with Crippen LogP contribution in [0.2, 0.25) is 0 Å². The first-order valence-corrected chi connectivity index (χ1v) is 10.8. The van der Waals surface area contributed by atoms with Gasteiger partial charge in [-0.1, -0.05) is 43.2 Å². The minimum atomic E-state index is -0.432. The topological polar surface area (TPSA) is 70.1 Å². The summed E-state index contributed by atoms with van der Waals surface area (Å²) in [5.41, 5.74) is 10.0. The Hall–Kier alpha value is -3.60. The van der Waals surface area contributed by atoms with Crippen molar-refractivity contribution in [3.8, 4) is 17.1 Å². The van der Waals surface area contributed by atoms with Gasteiger partial charge in [0.05, 0.1) is 11.0 Å². The highest BCUT2D eigenvalue weighted by Crippen LogP contribution is 2.37. The Morgan fingerprint density at radius 2 is 1.74 bits per heavy atom. The largest absolute Gasteiger partial charge is 0.489 e. The molecular weight excluding hydrogens is 386 g/mol. The van der Waals surface area contributed by atoms with Gasteiger partial charge in [0.1, 0.15) is 18.2 Å². The number of hydrogen-bond acceptors (Lipinski definition) is 3. The summed E-state index contributed by atoms with van der Waals surface area (Å²) in [6.45, 7) is 0.538. The summed E-state index contributed by atoms with van der Waals surface area (Å²) in [7, 11) is 0. The van der Waals surface area contributed by atoms with Crippen LogP contribution in [0.3, 0.4) is 0 Å². The molecule has 1 fully saturated rings. The van der Waals surface area contributed by atoms with Crippen molar-refractivity contribution in [2.45, 2.75) is 38.3 Å². The Morgan fingerprint density at radius 1 is 1.00 bits per heavy atom. The number of fused-ring (bicyclic) bond motifs is 1. The van der Waals surface area contributed by atoms with E-state index >= 15 is 0 Å². The summed E-state index contributed by atoms with van der Waals surface area (Å²) in [4.78, 5) is 16.5. The average Bonchev–Trinajstić information content (AvgIpc) is 3.46.